The summed E-state index contributed by atoms with van der Waals surface area (Å²) in [6, 6.07) is 0. The molecule has 0 bridgehead atoms. The number of nitrogens with one attached hydrogen (secondary N) is 1. The topological polar surface area (TPSA) is 12.0 Å². The van der Waals surface area contributed by atoms with Crippen molar-refractivity contribution in [3.63, 3.8) is 0 Å². The Morgan fingerprint density at radius 1 is 1.62 bits per heavy atom. The lowest BCUT2D eigenvalue weighted by molar-refractivity contribution is 0.709. The molecule has 0 unspecified atom stereocenters. The van der Waals surface area contributed by atoms with E-state index in [1.54, 1.807) is 0 Å². The van der Waals surface area contributed by atoms with Crippen molar-refractivity contribution in [1.29, 1.82) is 0 Å². The van der Waals surface area contributed by atoms with Crippen LogP contribution in [-0.2, 0) is 0 Å². The van der Waals surface area contributed by atoms with Crippen LogP contribution in [0.2, 0.25) is 0 Å². The van der Waals surface area contributed by atoms with E-state index in [9.17, 15) is 0 Å². The van der Waals surface area contributed by atoms with E-state index in [-0.39, 0.29) is 0 Å². The number of rotatable bonds is 3. The second-order valence-corrected chi connectivity index (χ2v) is 3.04. The molecule has 1 aliphatic heterocycles. The second kappa shape index (κ2) is 5.55. The highest BCUT2D eigenvalue weighted by molar-refractivity contribution is 5.41. The minimum absolute atomic E-state index is 0.982. The molecular weight excluding hydrogens is 158 g/mol. The van der Waals surface area contributed by atoms with Gasteiger partial charge < -0.3 is 5.32 Å². The summed E-state index contributed by atoms with van der Waals surface area (Å²) in [5, 5.41) is 3.29. The quantitative estimate of drug-likeness (QED) is 0.650. The van der Waals surface area contributed by atoms with Crippen molar-refractivity contribution in [2.24, 2.45) is 0 Å². The third-order valence-corrected chi connectivity index (χ3v) is 2.12. The van der Waals surface area contributed by atoms with Crippen LogP contribution in [0.5, 0.6) is 0 Å². The zero-order valence-corrected chi connectivity index (χ0v) is 8.22. The highest BCUT2D eigenvalue weighted by Gasteiger charge is 2.04. The van der Waals surface area contributed by atoms with Crippen LogP contribution in [0, 0.1) is 0 Å². The second-order valence-electron chi connectivity index (χ2n) is 3.04. The third-order valence-electron chi connectivity index (χ3n) is 2.12. The van der Waals surface area contributed by atoms with Crippen LogP contribution >= 0.6 is 0 Å². The van der Waals surface area contributed by atoms with E-state index in [2.05, 4.69) is 30.1 Å². The third kappa shape index (κ3) is 3.03. The number of allylic oxidation sites excluding steroid dienone is 5. The van der Waals surface area contributed by atoms with E-state index >= 15 is 0 Å². The van der Waals surface area contributed by atoms with Crippen LogP contribution in [0.15, 0.2) is 48.1 Å². The van der Waals surface area contributed by atoms with E-state index in [4.69, 9.17) is 0 Å². The van der Waals surface area contributed by atoms with Gasteiger partial charge >= 0.3 is 0 Å². The van der Waals surface area contributed by atoms with Gasteiger partial charge in [-0.05, 0) is 31.0 Å². The highest BCUT2D eigenvalue weighted by atomic mass is 14.8. The van der Waals surface area contributed by atoms with Gasteiger partial charge in [-0.2, -0.15) is 0 Å². The molecule has 0 radical (unpaired) electrons. The highest BCUT2D eigenvalue weighted by Crippen LogP contribution is 2.16. The van der Waals surface area contributed by atoms with Crippen LogP contribution in [0.25, 0.3) is 0 Å². The van der Waals surface area contributed by atoms with Crippen LogP contribution in [0.1, 0.15) is 13.3 Å². The van der Waals surface area contributed by atoms with Crippen molar-refractivity contribution in [2.75, 3.05) is 13.1 Å². The first-order valence-electron chi connectivity index (χ1n) is 4.74. The summed E-state index contributed by atoms with van der Waals surface area (Å²) < 4.78 is 0. The van der Waals surface area contributed by atoms with Gasteiger partial charge in [-0.3, -0.25) is 0 Å². The Morgan fingerprint density at radius 3 is 3.00 bits per heavy atom. The smallest absolute Gasteiger partial charge is 0.0140 e. The predicted molar refractivity (Wildman–Crippen MR) is 58.7 cm³/mol. The van der Waals surface area contributed by atoms with E-state index in [0.717, 1.165) is 19.5 Å². The van der Waals surface area contributed by atoms with E-state index in [1.807, 2.05) is 19.1 Å². The molecule has 0 aromatic rings. The largest absolute Gasteiger partial charge is 0.313 e. The van der Waals surface area contributed by atoms with Gasteiger partial charge in [-0.15, -0.1) is 0 Å². The summed E-state index contributed by atoms with van der Waals surface area (Å²) in [7, 11) is 0. The first-order valence-corrected chi connectivity index (χ1v) is 4.74. The first-order chi connectivity index (χ1) is 6.38. The molecule has 0 fully saturated rings. The molecule has 0 spiro atoms. The van der Waals surface area contributed by atoms with Crippen LogP contribution in [0.3, 0.4) is 0 Å². The average molecular weight is 175 g/mol. The monoisotopic (exact) mass is 175 g/mol. The molecule has 1 nitrogen and oxygen atoms in total. The van der Waals surface area contributed by atoms with Gasteiger partial charge in [0.15, 0.2) is 0 Å². The molecule has 1 N–H and O–H groups in total. The maximum absolute atomic E-state index is 3.83. The van der Waals surface area contributed by atoms with Gasteiger partial charge in [0.2, 0.25) is 0 Å². The zero-order chi connectivity index (χ0) is 9.52. The van der Waals surface area contributed by atoms with E-state index in [1.165, 1.54) is 11.1 Å². The van der Waals surface area contributed by atoms with Gasteiger partial charge in [-0.1, -0.05) is 37.0 Å². The summed E-state index contributed by atoms with van der Waals surface area (Å²) in [5.41, 5.74) is 2.66. The normalized spacial score (nSPS) is 18.8. The van der Waals surface area contributed by atoms with Crippen LogP contribution in [0.4, 0.5) is 0 Å². The summed E-state index contributed by atoms with van der Waals surface area (Å²) in [5.74, 6) is 0. The predicted octanol–water partition coefficient (Wildman–Crippen LogP) is 2.59. The number of hydrogen-bond acceptors (Lipinski definition) is 1. The lowest BCUT2D eigenvalue weighted by Gasteiger charge is -2.14. The van der Waals surface area contributed by atoms with Crippen LogP contribution < -0.4 is 5.32 Å². The van der Waals surface area contributed by atoms with E-state index in [0.29, 0.717) is 0 Å². The molecule has 1 heterocycles. The van der Waals surface area contributed by atoms with Crippen molar-refractivity contribution >= 4 is 0 Å². The van der Waals surface area contributed by atoms with Crippen molar-refractivity contribution in [3.8, 4) is 0 Å². The van der Waals surface area contributed by atoms with Crippen LogP contribution in [-0.4, -0.2) is 13.1 Å². The maximum Gasteiger partial charge on any atom is 0.0140 e. The Labute approximate surface area is 80.5 Å². The lowest BCUT2D eigenvalue weighted by Crippen LogP contribution is -2.20. The van der Waals surface area contributed by atoms with Gasteiger partial charge in [0.1, 0.15) is 0 Å². The Hall–Kier alpha value is -1.08. The minimum Gasteiger partial charge on any atom is -0.313 e. The van der Waals surface area contributed by atoms with Gasteiger partial charge in [0.25, 0.3) is 0 Å². The summed E-state index contributed by atoms with van der Waals surface area (Å²) in [6.07, 6.45) is 11.5. The molecular formula is C12H17N. The summed E-state index contributed by atoms with van der Waals surface area (Å²) >= 11 is 0. The Balaban J connectivity index is 2.75. The minimum atomic E-state index is 0.982. The standard InChI is InChI=1S/C12H17N/c1-3-5-6-11(4-2)12-7-9-13-10-8-12/h3-7,13H,2,8-10H2,1H3/b5-3-,11-6+. The molecule has 0 aromatic carbocycles. The SMILES string of the molecule is C=C/C(=C\C=C/C)C1=CCNCC1. The molecule has 0 amide bonds. The molecule has 0 saturated heterocycles. The molecule has 13 heavy (non-hydrogen) atoms. The fourth-order valence-corrected chi connectivity index (χ4v) is 1.39. The number of hydrogen-bond donors (Lipinski definition) is 1. The fraction of sp³-hybridized carbons (Fsp3) is 0.333. The van der Waals surface area contributed by atoms with Crippen molar-refractivity contribution in [3.05, 3.63) is 48.1 Å². The average Bonchev–Trinajstić information content (AvgIpc) is 2.21. The Morgan fingerprint density at radius 2 is 2.46 bits per heavy atom. The molecule has 0 atom stereocenters. The zero-order valence-electron chi connectivity index (χ0n) is 8.22. The molecule has 1 aliphatic rings. The Bertz CT molecular complexity index is 256. The molecule has 1 heteroatoms. The maximum atomic E-state index is 3.83. The summed E-state index contributed by atoms with van der Waals surface area (Å²) in [4.78, 5) is 0. The van der Waals surface area contributed by atoms with Gasteiger partial charge in [-0.25, -0.2) is 0 Å². The van der Waals surface area contributed by atoms with Crippen molar-refractivity contribution < 1.29 is 0 Å². The molecule has 0 saturated carbocycles. The molecule has 0 aromatic heterocycles. The summed E-state index contributed by atoms with van der Waals surface area (Å²) in [6.45, 7) is 7.91. The lowest BCUT2D eigenvalue weighted by atomic mass is 10.00. The Kier molecular flexibility index (Phi) is 4.27. The molecule has 70 valence electrons. The van der Waals surface area contributed by atoms with Gasteiger partial charge in [0.05, 0.1) is 0 Å². The molecule has 1 rings (SSSR count). The van der Waals surface area contributed by atoms with Crippen molar-refractivity contribution in [1.82, 2.24) is 5.32 Å². The molecule has 0 aliphatic carbocycles. The van der Waals surface area contributed by atoms with Gasteiger partial charge in [0, 0.05) is 6.54 Å². The fourth-order valence-electron chi connectivity index (χ4n) is 1.39. The first kappa shape index (κ1) is 10.0. The van der Waals surface area contributed by atoms with E-state index < -0.39 is 0 Å². The van der Waals surface area contributed by atoms with Crippen molar-refractivity contribution in [2.45, 2.75) is 13.3 Å².